The molecule has 1 saturated heterocycles. The van der Waals surface area contributed by atoms with Gasteiger partial charge in [0.1, 0.15) is 0 Å². The van der Waals surface area contributed by atoms with E-state index in [4.69, 9.17) is 4.99 Å². The summed E-state index contributed by atoms with van der Waals surface area (Å²) in [6, 6.07) is 0.756. The maximum Gasteiger partial charge on any atom is 0.156 e. The van der Waals surface area contributed by atoms with Crippen molar-refractivity contribution in [3.63, 3.8) is 0 Å². The number of hydrogen-bond donors (Lipinski definition) is 1. The Morgan fingerprint density at radius 2 is 2.12 bits per heavy atom. The highest BCUT2D eigenvalue weighted by atomic mass is 32.2. The van der Waals surface area contributed by atoms with Crippen LogP contribution in [0.15, 0.2) is 4.99 Å². The zero-order valence-corrected chi connectivity index (χ0v) is 11.3. The predicted molar refractivity (Wildman–Crippen MR) is 73.4 cm³/mol. The third-order valence-corrected chi connectivity index (χ3v) is 6.39. The molecule has 2 nitrogen and oxygen atoms in total. The number of nitrogens with one attached hydrogen (secondary N) is 1. The van der Waals surface area contributed by atoms with Crippen LogP contribution in [-0.2, 0) is 0 Å². The van der Waals surface area contributed by atoms with Gasteiger partial charge in [-0.3, -0.25) is 4.99 Å². The molecule has 4 fully saturated rings. The highest BCUT2D eigenvalue weighted by molar-refractivity contribution is 8.13. The van der Waals surface area contributed by atoms with Crippen LogP contribution in [0.3, 0.4) is 0 Å². The summed E-state index contributed by atoms with van der Waals surface area (Å²) in [7, 11) is 0. The number of hydrogen-bond acceptors (Lipinski definition) is 2. The van der Waals surface area contributed by atoms with Gasteiger partial charge in [0.2, 0.25) is 0 Å². The predicted octanol–water partition coefficient (Wildman–Crippen LogP) is 3.04. The molecular weight excluding hydrogens is 228 g/mol. The van der Waals surface area contributed by atoms with Crippen LogP contribution in [0.5, 0.6) is 0 Å². The van der Waals surface area contributed by atoms with E-state index < -0.39 is 0 Å². The van der Waals surface area contributed by atoms with Crippen molar-refractivity contribution in [2.75, 3.05) is 12.3 Å². The van der Waals surface area contributed by atoms with Gasteiger partial charge in [-0.1, -0.05) is 18.2 Å². The third-order valence-electron chi connectivity index (χ3n) is 5.28. The topological polar surface area (TPSA) is 24.4 Å². The van der Waals surface area contributed by atoms with Gasteiger partial charge in [-0.05, 0) is 55.8 Å². The van der Waals surface area contributed by atoms with E-state index in [-0.39, 0.29) is 0 Å². The van der Waals surface area contributed by atoms with Gasteiger partial charge in [0.25, 0.3) is 0 Å². The Balaban J connectivity index is 1.38. The molecule has 94 valence electrons. The van der Waals surface area contributed by atoms with Gasteiger partial charge in [-0.15, -0.1) is 0 Å². The summed E-state index contributed by atoms with van der Waals surface area (Å²) in [6.07, 6.45) is 10.1. The van der Waals surface area contributed by atoms with Crippen LogP contribution in [0.4, 0.5) is 0 Å². The van der Waals surface area contributed by atoms with Crippen LogP contribution in [0.2, 0.25) is 0 Å². The van der Waals surface area contributed by atoms with Crippen LogP contribution in [0, 0.1) is 17.3 Å². The summed E-state index contributed by atoms with van der Waals surface area (Å²) < 4.78 is 0. The summed E-state index contributed by atoms with van der Waals surface area (Å²) in [5.41, 5.74) is 0.668. The normalized spacial score (nSPS) is 41.1. The first-order chi connectivity index (χ1) is 8.36. The summed E-state index contributed by atoms with van der Waals surface area (Å²) in [6.45, 7) is 1.12. The second-order valence-corrected chi connectivity index (χ2v) is 7.52. The van der Waals surface area contributed by atoms with Gasteiger partial charge in [-0.2, -0.15) is 0 Å². The summed E-state index contributed by atoms with van der Waals surface area (Å²) in [5.74, 6) is 3.28. The van der Waals surface area contributed by atoms with Crippen molar-refractivity contribution in [3.05, 3.63) is 0 Å². The smallest absolute Gasteiger partial charge is 0.156 e. The lowest BCUT2D eigenvalue weighted by Crippen LogP contribution is -2.41. The zero-order valence-electron chi connectivity index (χ0n) is 10.5. The molecule has 0 aromatic carbocycles. The molecular formula is C14H22N2S. The SMILES string of the molecule is C1CC2CSC(=NCC3(C4CC4)CC3)NC2C1. The highest BCUT2D eigenvalue weighted by Gasteiger charge is 2.53. The Labute approximate surface area is 108 Å². The Kier molecular flexibility index (Phi) is 2.46. The van der Waals surface area contributed by atoms with E-state index in [0.717, 1.165) is 24.4 Å². The molecule has 0 aromatic rings. The fourth-order valence-electron chi connectivity index (χ4n) is 3.68. The van der Waals surface area contributed by atoms with E-state index >= 15 is 0 Å². The molecule has 0 bridgehead atoms. The Bertz CT molecular complexity index is 344. The van der Waals surface area contributed by atoms with E-state index in [1.54, 1.807) is 0 Å². The van der Waals surface area contributed by atoms with Crippen molar-refractivity contribution in [2.45, 2.75) is 51.0 Å². The molecule has 2 unspecified atom stereocenters. The third kappa shape index (κ3) is 2.00. The first kappa shape index (κ1) is 10.7. The van der Waals surface area contributed by atoms with E-state index in [9.17, 15) is 0 Å². The number of aliphatic imine (C=N–C) groups is 1. The second-order valence-electron chi connectivity index (χ2n) is 6.51. The highest BCUT2D eigenvalue weighted by Crippen LogP contribution is 2.61. The molecule has 3 saturated carbocycles. The average molecular weight is 250 g/mol. The van der Waals surface area contributed by atoms with Gasteiger partial charge < -0.3 is 5.32 Å². The van der Waals surface area contributed by atoms with E-state index in [0.29, 0.717) is 5.41 Å². The fraction of sp³-hybridized carbons (Fsp3) is 0.929. The van der Waals surface area contributed by atoms with Crippen molar-refractivity contribution in [3.8, 4) is 0 Å². The molecule has 4 rings (SSSR count). The van der Waals surface area contributed by atoms with Gasteiger partial charge in [0, 0.05) is 18.3 Å². The van der Waals surface area contributed by atoms with E-state index in [1.165, 1.54) is 55.9 Å². The molecule has 1 aliphatic heterocycles. The van der Waals surface area contributed by atoms with Crippen LogP contribution >= 0.6 is 11.8 Å². The number of thioether (sulfide) groups is 1. The largest absolute Gasteiger partial charge is 0.362 e. The minimum atomic E-state index is 0.668. The lowest BCUT2D eigenvalue weighted by molar-refractivity contribution is 0.450. The van der Waals surface area contributed by atoms with Crippen molar-refractivity contribution >= 4 is 16.9 Å². The second kappa shape index (κ2) is 3.91. The van der Waals surface area contributed by atoms with E-state index in [1.807, 2.05) is 11.8 Å². The summed E-state index contributed by atoms with van der Waals surface area (Å²) >= 11 is 1.98. The molecule has 3 aliphatic carbocycles. The molecule has 3 heteroatoms. The summed E-state index contributed by atoms with van der Waals surface area (Å²) in [4.78, 5) is 4.91. The van der Waals surface area contributed by atoms with Gasteiger partial charge in [0.15, 0.2) is 5.17 Å². The first-order valence-electron chi connectivity index (χ1n) is 7.30. The lowest BCUT2D eigenvalue weighted by atomic mass is 10.0. The Morgan fingerprint density at radius 1 is 1.24 bits per heavy atom. The van der Waals surface area contributed by atoms with Crippen LogP contribution < -0.4 is 5.32 Å². The van der Waals surface area contributed by atoms with E-state index in [2.05, 4.69) is 5.32 Å². The Morgan fingerprint density at radius 3 is 2.88 bits per heavy atom. The van der Waals surface area contributed by atoms with Crippen LogP contribution in [0.1, 0.15) is 44.9 Å². The molecule has 0 spiro atoms. The molecule has 2 atom stereocenters. The van der Waals surface area contributed by atoms with Crippen molar-refractivity contribution in [1.82, 2.24) is 5.32 Å². The monoisotopic (exact) mass is 250 g/mol. The number of fused-ring (bicyclic) bond motifs is 1. The van der Waals surface area contributed by atoms with Crippen LogP contribution in [-0.4, -0.2) is 23.5 Å². The van der Waals surface area contributed by atoms with Gasteiger partial charge >= 0.3 is 0 Å². The zero-order chi connectivity index (χ0) is 11.3. The molecule has 4 aliphatic rings. The molecule has 1 N–H and O–H groups in total. The molecule has 1 heterocycles. The number of amidine groups is 1. The van der Waals surface area contributed by atoms with Crippen molar-refractivity contribution < 1.29 is 0 Å². The molecule has 17 heavy (non-hydrogen) atoms. The minimum absolute atomic E-state index is 0.668. The fourth-order valence-corrected chi connectivity index (χ4v) is 4.85. The number of rotatable bonds is 3. The van der Waals surface area contributed by atoms with Crippen LogP contribution in [0.25, 0.3) is 0 Å². The van der Waals surface area contributed by atoms with Crippen molar-refractivity contribution in [1.29, 1.82) is 0 Å². The molecule has 0 amide bonds. The molecule has 0 aromatic heterocycles. The van der Waals surface area contributed by atoms with Gasteiger partial charge in [0.05, 0.1) is 0 Å². The maximum atomic E-state index is 4.91. The standard InChI is InChI=1S/C14H22N2S/c1-2-10-8-17-13(16-12(10)3-1)15-9-14(6-7-14)11-4-5-11/h10-12H,1-9H2,(H,15,16). The quantitative estimate of drug-likeness (QED) is 0.832. The maximum absolute atomic E-state index is 4.91. The number of nitrogens with zero attached hydrogens (tertiary/aromatic N) is 1. The summed E-state index contributed by atoms with van der Waals surface area (Å²) in [5, 5.41) is 4.95. The first-order valence-corrected chi connectivity index (χ1v) is 8.28. The lowest BCUT2D eigenvalue weighted by Gasteiger charge is -2.28. The average Bonchev–Trinajstić information content (AvgIpc) is 3.23. The Hall–Kier alpha value is -0.180. The van der Waals surface area contributed by atoms with Crippen molar-refractivity contribution in [2.24, 2.45) is 22.2 Å². The van der Waals surface area contributed by atoms with Gasteiger partial charge in [-0.25, -0.2) is 0 Å². The molecule has 0 radical (unpaired) electrons. The minimum Gasteiger partial charge on any atom is -0.362 e.